The molecule has 6 rings (SSSR count). The SMILES string of the molecule is O=c1cc(-c2ccc3ccccc3c2)ccn1-c1ccc2c(cnn2CCN2CCCC2)c1. The van der Waals surface area contributed by atoms with Gasteiger partial charge >= 0.3 is 0 Å². The Balaban J connectivity index is 1.28. The molecule has 5 heteroatoms. The van der Waals surface area contributed by atoms with Crippen LogP contribution >= 0.6 is 0 Å². The second-order valence-electron chi connectivity index (χ2n) is 8.85. The van der Waals surface area contributed by atoms with E-state index in [-0.39, 0.29) is 5.56 Å². The van der Waals surface area contributed by atoms with E-state index in [4.69, 9.17) is 0 Å². The Morgan fingerprint density at radius 3 is 2.42 bits per heavy atom. The van der Waals surface area contributed by atoms with Gasteiger partial charge in [0.2, 0.25) is 0 Å². The second-order valence-corrected chi connectivity index (χ2v) is 8.85. The first kappa shape index (κ1) is 19.9. The average Bonchev–Trinajstić information content (AvgIpc) is 3.52. The third kappa shape index (κ3) is 3.85. The molecule has 1 fully saturated rings. The molecule has 5 aromatic rings. The maximum atomic E-state index is 13.0. The highest BCUT2D eigenvalue weighted by atomic mass is 16.1. The van der Waals surface area contributed by atoms with Gasteiger partial charge in [-0.25, -0.2) is 0 Å². The first-order valence-electron chi connectivity index (χ1n) is 11.6. The van der Waals surface area contributed by atoms with Gasteiger partial charge in [-0.1, -0.05) is 36.4 Å². The number of pyridine rings is 1. The molecule has 0 unspecified atom stereocenters. The van der Waals surface area contributed by atoms with Crippen LogP contribution in [0.15, 0.2) is 90.0 Å². The van der Waals surface area contributed by atoms with Gasteiger partial charge in [0.15, 0.2) is 0 Å². The fourth-order valence-corrected chi connectivity index (χ4v) is 4.89. The molecule has 0 amide bonds. The third-order valence-corrected chi connectivity index (χ3v) is 6.73. The summed E-state index contributed by atoms with van der Waals surface area (Å²) < 4.78 is 3.77. The number of hydrogen-bond acceptors (Lipinski definition) is 3. The first-order valence-corrected chi connectivity index (χ1v) is 11.6. The molecule has 1 saturated heterocycles. The van der Waals surface area contributed by atoms with Gasteiger partial charge in [0, 0.05) is 29.9 Å². The summed E-state index contributed by atoms with van der Waals surface area (Å²) in [5.41, 5.74) is 3.90. The predicted octanol–water partition coefficient (Wildman–Crippen LogP) is 5.10. The van der Waals surface area contributed by atoms with Gasteiger partial charge in [-0.15, -0.1) is 0 Å². The number of aromatic nitrogens is 3. The van der Waals surface area contributed by atoms with Gasteiger partial charge in [-0.3, -0.25) is 14.0 Å². The van der Waals surface area contributed by atoms with Crippen molar-refractivity contribution in [2.75, 3.05) is 19.6 Å². The largest absolute Gasteiger partial charge is 0.301 e. The van der Waals surface area contributed by atoms with Crippen LogP contribution in [0.3, 0.4) is 0 Å². The van der Waals surface area contributed by atoms with Crippen LogP contribution in [0, 0.1) is 0 Å². The molecule has 3 heterocycles. The second kappa shape index (κ2) is 8.34. The number of nitrogens with zero attached hydrogens (tertiary/aromatic N) is 4. The van der Waals surface area contributed by atoms with Gasteiger partial charge in [0.25, 0.3) is 5.56 Å². The third-order valence-electron chi connectivity index (χ3n) is 6.73. The summed E-state index contributed by atoms with van der Waals surface area (Å²) in [4.78, 5) is 15.5. The van der Waals surface area contributed by atoms with Gasteiger partial charge in [0.05, 0.1) is 18.3 Å². The lowest BCUT2D eigenvalue weighted by Crippen LogP contribution is -2.24. The first-order chi connectivity index (χ1) is 16.2. The number of rotatable bonds is 5. The Hall–Kier alpha value is -3.70. The molecular weight excluding hydrogens is 408 g/mol. The Kier molecular flexibility index (Phi) is 5.04. The van der Waals surface area contributed by atoms with E-state index in [2.05, 4.69) is 51.1 Å². The highest BCUT2D eigenvalue weighted by molar-refractivity contribution is 5.87. The van der Waals surface area contributed by atoms with Crippen molar-refractivity contribution in [1.29, 1.82) is 0 Å². The van der Waals surface area contributed by atoms with Crippen LogP contribution in [0.2, 0.25) is 0 Å². The molecule has 0 saturated carbocycles. The summed E-state index contributed by atoms with van der Waals surface area (Å²) in [6.07, 6.45) is 6.37. The number of benzene rings is 3. The molecule has 0 atom stereocenters. The van der Waals surface area contributed by atoms with E-state index >= 15 is 0 Å². The van der Waals surface area contributed by atoms with E-state index in [0.717, 1.165) is 40.8 Å². The minimum absolute atomic E-state index is 0.0403. The van der Waals surface area contributed by atoms with Crippen molar-refractivity contribution < 1.29 is 0 Å². The zero-order valence-electron chi connectivity index (χ0n) is 18.5. The topological polar surface area (TPSA) is 43.1 Å². The number of fused-ring (bicyclic) bond motifs is 2. The minimum atomic E-state index is -0.0403. The molecule has 5 nitrogen and oxygen atoms in total. The van der Waals surface area contributed by atoms with Crippen LogP contribution in [0.5, 0.6) is 0 Å². The Morgan fingerprint density at radius 2 is 1.58 bits per heavy atom. The smallest absolute Gasteiger partial charge is 0.255 e. The summed E-state index contributed by atoms with van der Waals surface area (Å²) >= 11 is 0. The van der Waals surface area contributed by atoms with Gasteiger partial charge < -0.3 is 4.90 Å². The summed E-state index contributed by atoms with van der Waals surface area (Å²) in [6, 6.07) is 24.4. The molecule has 0 aliphatic carbocycles. The number of likely N-dealkylation sites (tertiary alicyclic amines) is 1. The van der Waals surface area contributed by atoms with Crippen molar-refractivity contribution in [3.63, 3.8) is 0 Å². The van der Waals surface area contributed by atoms with Crippen LogP contribution in [0.4, 0.5) is 0 Å². The standard InChI is InChI=1S/C28H26N4O/c33-28-19-24(23-8-7-21-5-1-2-6-22(21)17-23)11-14-31(28)26-9-10-27-25(18-26)20-29-32(27)16-15-30-12-3-4-13-30/h1-2,5-11,14,17-20H,3-4,12-13,15-16H2. The zero-order valence-corrected chi connectivity index (χ0v) is 18.5. The average molecular weight is 435 g/mol. The molecule has 1 aliphatic heterocycles. The van der Waals surface area contributed by atoms with E-state index in [0.29, 0.717) is 0 Å². The molecule has 0 bridgehead atoms. The Morgan fingerprint density at radius 1 is 0.758 bits per heavy atom. The van der Waals surface area contributed by atoms with Crippen molar-refractivity contribution in [3.05, 3.63) is 95.5 Å². The summed E-state index contributed by atoms with van der Waals surface area (Å²) in [5.74, 6) is 0. The van der Waals surface area contributed by atoms with E-state index in [1.165, 1.54) is 36.7 Å². The van der Waals surface area contributed by atoms with E-state index in [1.54, 1.807) is 10.6 Å². The maximum Gasteiger partial charge on any atom is 0.255 e. The van der Waals surface area contributed by atoms with Crippen molar-refractivity contribution in [2.45, 2.75) is 19.4 Å². The lowest BCUT2D eigenvalue weighted by atomic mass is 10.0. The maximum absolute atomic E-state index is 13.0. The number of hydrogen-bond donors (Lipinski definition) is 0. The highest BCUT2D eigenvalue weighted by Crippen LogP contribution is 2.24. The Bertz CT molecular complexity index is 1510. The molecule has 0 radical (unpaired) electrons. The van der Waals surface area contributed by atoms with E-state index in [9.17, 15) is 4.79 Å². The zero-order chi connectivity index (χ0) is 22.2. The van der Waals surface area contributed by atoms with Crippen LogP contribution in [-0.4, -0.2) is 38.9 Å². The lowest BCUT2D eigenvalue weighted by Gasteiger charge is -2.14. The molecule has 0 spiro atoms. The monoisotopic (exact) mass is 434 g/mol. The lowest BCUT2D eigenvalue weighted by molar-refractivity contribution is 0.318. The molecular formula is C28H26N4O. The van der Waals surface area contributed by atoms with Crippen LogP contribution in [0.25, 0.3) is 38.5 Å². The molecule has 0 N–H and O–H groups in total. The van der Waals surface area contributed by atoms with Crippen molar-refractivity contribution >= 4 is 21.7 Å². The fraction of sp³-hybridized carbons (Fsp3) is 0.214. The van der Waals surface area contributed by atoms with E-state index < -0.39 is 0 Å². The van der Waals surface area contributed by atoms with Crippen molar-refractivity contribution in [3.8, 4) is 16.8 Å². The summed E-state index contributed by atoms with van der Waals surface area (Å²) in [7, 11) is 0. The van der Waals surface area contributed by atoms with Crippen LogP contribution < -0.4 is 5.56 Å². The molecule has 3 aromatic carbocycles. The normalized spacial score (nSPS) is 14.4. The minimum Gasteiger partial charge on any atom is -0.301 e. The van der Waals surface area contributed by atoms with Crippen molar-refractivity contribution in [2.24, 2.45) is 0 Å². The molecule has 164 valence electrons. The van der Waals surface area contributed by atoms with Crippen molar-refractivity contribution in [1.82, 2.24) is 19.2 Å². The summed E-state index contributed by atoms with van der Waals surface area (Å²) in [5, 5.41) is 8.02. The quantitative estimate of drug-likeness (QED) is 0.386. The molecule has 1 aliphatic rings. The van der Waals surface area contributed by atoms with E-state index in [1.807, 2.05) is 42.7 Å². The van der Waals surface area contributed by atoms with Crippen LogP contribution in [-0.2, 0) is 6.54 Å². The van der Waals surface area contributed by atoms with Gasteiger partial charge in [0.1, 0.15) is 0 Å². The summed E-state index contributed by atoms with van der Waals surface area (Å²) in [6.45, 7) is 4.32. The highest BCUT2D eigenvalue weighted by Gasteiger charge is 2.12. The predicted molar refractivity (Wildman–Crippen MR) is 134 cm³/mol. The molecule has 2 aromatic heterocycles. The van der Waals surface area contributed by atoms with Gasteiger partial charge in [-0.05, 0) is 78.2 Å². The Labute approximate surface area is 192 Å². The van der Waals surface area contributed by atoms with Crippen LogP contribution in [0.1, 0.15) is 12.8 Å². The van der Waals surface area contributed by atoms with Gasteiger partial charge in [-0.2, -0.15) is 5.10 Å². The molecule has 33 heavy (non-hydrogen) atoms. The fourth-order valence-electron chi connectivity index (χ4n) is 4.89.